The van der Waals surface area contributed by atoms with Crippen LogP contribution in [-0.2, 0) is 6.54 Å². The average molecular weight is 283 g/mol. The first kappa shape index (κ1) is 13.8. The fourth-order valence-corrected chi connectivity index (χ4v) is 2.50. The van der Waals surface area contributed by atoms with Gasteiger partial charge >= 0.3 is 0 Å². The van der Waals surface area contributed by atoms with Crippen molar-refractivity contribution in [2.75, 3.05) is 0 Å². The molecule has 3 rings (SSSR count). The van der Waals surface area contributed by atoms with Crippen LogP contribution in [-0.4, -0.2) is 9.55 Å². The van der Waals surface area contributed by atoms with Crippen LogP contribution in [0.1, 0.15) is 30.8 Å². The fourth-order valence-electron chi connectivity index (χ4n) is 2.50. The van der Waals surface area contributed by atoms with Gasteiger partial charge in [-0.15, -0.1) is 0 Å². The molecule has 3 nitrogen and oxygen atoms in total. The number of rotatable bonds is 4. The van der Waals surface area contributed by atoms with Gasteiger partial charge in [0.05, 0.1) is 17.1 Å². The highest BCUT2D eigenvalue weighted by Gasteiger charge is 2.15. The Morgan fingerprint density at radius 3 is 2.57 bits per heavy atom. The van der Waals surface area contributed by atoms with Gasteiger partial charge < -0.3 is 10.3 Å². The Labute approximate surface area is 123 Å². The summed E-state index contributed by atoms with van der Waals surface area (Å²) in [5, 5.41) is 0. The van der Waals surface area contributed by atoms with Crippen molar-refractivity contribution >= 4 is 11.0 Å². The molecule has 0 fully saturated rings. The average Bonchev–Trinajstić information content (AvgIpc) is 2.88. The van der Waals surface area contributed by atoms with Crippen LogP contribution < -0.4 is 5.73 Å². The van der Waals surface area contributed by atoms with Crippen molar-refractivity contribution in [2.24, 2.45) is 5.73 Å². The van der Waals surface area contributed by atoms with Gasteiger partial charge in [0.2, 0.25) is 0 Å². The van der Waals surface area contributed by atoms with Gasteiger partial charge in [0.15, 0.2) is 0 Å². The molecule has 0 spiro atoms. The zero-order valence-electron chi connectivity index (χ0n) is 12.0. The molecule has 1 atom stereocenters. The van der Waals surface area contributed by atoms with Gasteiger partial charge in [-0.05, 0) is 36.2 Å². The second-order valence-electron chi connectivity index (χ2n) is 5.19. The quantitative estimate of drug-likeness (QED) is 0.794. The van der Waals surface area contributed by atoms with Crippen LogP contribution in [0.2, 0.25) is 0 Å². The minimum Gasteiger partial charge on any atom is -0.322 e. The second kappa shape index (κ2) is 5.66. The Morgan fingerprint density at radius 2 is 1.86 bits per heavy atom. The van der Waals surface area contributed by atoms with E-state index in [1.54, 1.807) is 12.1 Å². The molecule has 0 saturated carbocycles. The van der Waals surface area contributed by atoms with E-state index in [4.69, 9.17) is 5.73 Å². The largest absolute Gasteiger partial charge is 0.322 e. The first-order valence-corrected chi connectivity index (χ1v) is 7.14. The summed E-state index contributed by atoms with van der Waals surface area (Å²) in [5.74, 6) is 0.655. The Bertz CT molecular complexity index is 746. The molecule has 0 aliphatic rings. The maximum atomic E-state index is 13.0. The molecule has 1 aromatic heterocycles. The Kier molecular flexibility index (Phi) is 3.71. The molecule has 4 heteroatoms. The number of aromatic nitrogens is 2. The molecule has 3 aromatic rings. The molecule has 1 heterocycles. The molecule has 0 aliphatic heterocycles. The van der Waals surface area contributed by atoms with Gasteiger partial charge in [-0.3, -0.25) is 0 Å². The summed E-state index contributed by atoms with van der Waals surface area (Å²) in [6.45, 7) is 2.69. The summed E-state index contributed by atoms with van der Waals surface area (Å²) in [6.07, 6.45) is 0.826. The predicted octanol–water partition coefficient (Wildman–Crippen LogP) is 3.63. The highest BCUT2D eigenvalue weighted by atomic mass is 19.1. The minimum absolute atomic E-state index is 0.0992. The Hall–Kier alpha value is -2.20. The number of benzene rings is 2. The van der Waals surface area contributed by atoms with Crippen molar-refractivity contribution in [1.29, 1.82) is 0 Å². The van der Waals surface area contributed by atoms with E-state index in [1.807, 2.05) is 31.2 Å². The van der Waals surface area contributed by atoms with Gasteiger partial charge in [0, 0.05) is 6.54 Å². The molecule has 2 aromatic carbocycles. The highest BCUT2D eigenvalue weighted by Crippen LogP contribution is 2.22. The van der Waals surface area contributed by atoms with Crippen molar-refractivity contribution in [3.63, 3.8) is 0 Å². The van der Waals surface area contributed by atoms with E-state index >= 15 is 0 Å². The molecule has 2 N–H and O–H groups in total. The lowest BCUT2D eigenvalue weighted by molar-refractivity contribution is 0.603. The summed E-state index contributed by atoms with van der Waals surface area (Å²) in [5.41, 5.74) is 9.22. The molecular weight excluding hydrogens is 265 g/mol. The lowest BCUT2D eigenvalue weighted by Crippen LogP contribution is -2.16. The molecular formula is C17H18FN3. The number of hydrogen-bond acceptors (Lipinski definition) is 2. The van der Waals surface area contributed by atoms with Gasteiger partial charge in [-0.2, -0.15) is 0 Å². The van der Waals surface area contributed by atoms with E-state index < -0.39 is 0 Å². The molecule has 0 radical (unpaired) electrons. The second-order valence-corrected chi connectivity index (χ2v) is 5.19. The summed E-state index contributed by atoms with van der Waals surface area (Å²) in [7, 11) is 0. The Balaban J connectivity index is 2.08. The van der Waals surface area contributed by atoms with Crippen LogP contribution in [0.5, 0.6) is 0 Å². The maximum absolute atomic E-state index is 13.0. The van der Waals surface area contributed by atoms with E-state index in [-0.39, 0.29) is 11.9 Å². The molecule has 21 heavy (non-hydrogen) atoms. The number of hydrogen-bond donors (Lipinski definition) is 1. The number of nitrogens with two attached hydrogens (primary N) is 1. The van der Waals surface area contributed by atoms with Crippen LogP contribution in [0.25, 0.3) is 11.0 Å². The molecule has 0 bridgehead atoms. The lowest BCUT2D eigenvalue weighted by Gasteiger charge is -2.13. The number of nitrogens with zero attached hydrogens (tertiary/aromatic N) is 2. The first-order chi connectivity index (χ1) is 10.2. The molecule has 108 valence electrons. The third-order valence-corrected chi connectivity index (χ3v) is 3.71. The van der Waals surface area contributed by atoms with Crippen molar-refractivity contribution in [3.05, 3.63) is 65.7 Å². The van der Waals surface area contributed by atoms with Gasteiger partial charge in [-0.25, -0.2) is 9.37 Å². The number of para-hydroxylation sites is 2. The maximum Gasteiger partial charge on any atom is 0.127 e. The van der Waals surface area contributed by atoms with Gasteiger partial charge in [0.25, 0.3) is 0 Å². The number of imidazole rings is 1. The minimum atomic E-state index is -0.222. The van der Waals surface area contributed by atoms with Crippen LogP contribution >= 0.6 is 0 Å². The van der Waals surface area contributed by atoms with Gasteiger partial charge in [-0.1, -0.05) is 31.2 Å². The van der Waals surface area contributed by atoms with Crippen molar-refractivity contribution in [3.8, 4) is 0 Å². The molecule has 1 unspecified atom stereocenters. The van der Waals surface area contributed by atoms with E-state index in [9.17, 15) is 4.39 Å². The SMILES string of the molecule is CCC(N)c1nc2ccccc2n1Cc1ccc(F)cc1. The monoisotopic (exact) mass is 283 g/mol. The number of fused-ring (bicyclic) bond motifs is 1. The van der Waals surface area contributed by atoms with E-state index in [1.165, 1.54) is 12.1 Å². The van der Waals surface area contributed by atoms with Crippen molar-refractivity contribution in [1.82, 2.24) is 9.55 Å². The van der Waals surface area contributed by atoms with Crippen molar-refractivity contribution < 1.29 is 4.39 Å². The van der Waals surface area contributed by atoms with Crippen LogP contribution in [0, 0.1) is 5.82 Å². The lowest BCUT2D eigenvalue weighted by atomic mass is 10.2. The molecule has 0 aliphatic carbocycles. The smallest absolute Gasteiger partial charge is 0.127 e. The number of halogens is 1. The van der Waals surface area contributed by atoms with Gasteiger partial charge in [0.1, 0.15) is 11.6 Å². The zero-order chi connectivity index (χ0) is 14.8. The molecule has 0 amide bonds. The van der Waals surface area contributed by atoms with E-state index in [0.717, 1.165) is 28.8 Å². The summed E-state index contributed by atoms with van der Waals surface area (Å²) < 4.78 is 15.2. The zero-order valence-corrected chi connectivity index (χ0v) is 12.0. The fraction of sp³-hybridized carbons (Fsp3) is 0.235. The summed E-state index contributed by atoms with van der Waals surface area (Å²) in [6, 6.07) is 14.4. The van der Waals surface area contributed by atoms with E-state index in [0.29, 0.717) is 6.54 Å². The van der Waals surface area contributed by atoms with Crippen LogP contribution in [0.4, 0.5) is 4.39 Å². The standard InChI is InChI=1S/C17H18FN3/c1-2-14(19)17-20-15-5-3-4-6-16(15)21(17)11-12-7-9-13(18)10-8-12/h3-10,14H,2,11,19H2,1H3. The summed E-state index contributed by atoms with van der Waals surface area (Å²) in [4.78, 5) is 4.66. The normalized spacial score (nSPS) is 12.7. The topological polar surface area (TPSA) is 43.8 Å². The highest BCUT2D eigenvalue weighted by molar-refractivity contribution is 5.76. The Morgan fingerprint density at radius 1 is 1.14 bits per heavy atom. The van der Waals surface area contributed by atoms with Crippen LogP contribution in [0.3, 0.4) is 0 Å². The summed E-state index contributed by atoms with van der Waals surface area (Å²) >= 11 is 0. The predicted molar refractivity (Wildman–Crippen MR) is 82.5 cm³/mol. The first-order valence-electron chi connectivity index (χ1n) is 7.14. The van der Waals surface area contributed by atoms with Crippen LogP contribution in [0.15, 0.2) is 48.5 Å². The van der Waals surface area contributed by atoms with Crippen molar-refractivity contribution in [2.45, 2.75) is 25.9 Å². The third-order valence-electron chi connectivity index (χ3n) is 3.71. The third kappa shape index (κ3) is 2.67. The van der Waals surface area contributed by atoms with E-state index in [2.05, 4.69) is 9.55 Å². The molecule has 0 saturated heterocycles.